The summed E-state index contributed by atoms with van der Waals surface area (Å²) in [5.74, 6) is -4.50. The topological polar surface area (TPSA) is 128 Å². The van der Waals surface area contributed by atoms with E-state index in [9.17, 15) is 19.5 Å². The molecule has 258 valence electrons. The summed E-state index contributed by atoms with van der Waals surface area (Å²) >= 11 is 12.6. The van der Waals surface area contributed by atoms with Gasteiger partial charge < -0.3 is 9.84 Å². The molecule has 11 nitrogen and oxygen atoms in total. The molecule has 2 aliphatic heterocycles. The van der Waals surface area contributed by atoms with Crippen LogP contribution in [0.2, 0.25) is 10.0 Å². The van der Waals surface area contributed by atoms with E-state index in [1.165, 1.54) is 40.7 Å². The van der Waals surface area contributed by atoms with Crippen LogP contribution in [0, 0.1) is 11.7 Å². The van der Waals surface area contributed by atoms with Crippen molar-refractivity contribution in [3.8, 4) is 17.2 Å². The lowest BCUT2D eigenvalue weighted by Gasteiger charge is -2.49. The summed E-state index contributed by atoms with van der Waals surface area (Å²) < 4.78 is 24.4. The number of carbonyl (C=O) groups excluding carboxylic acids is 2. The highest BCUT2D eigenvalue weighted by molar-refractivity contribution is 6.36. The second-order valence-electron chi connectivity index (χ2n) is 12.6. The number of ether oxygens (including phenoxy) is 1. The predicted molar refractivity (Wildman–Crippen MR) is 187 cm³/mol. The molecule has 5 aromatic rings. The van der Waals surface area contributed by atoms with E-state index in [0.29, 0.717) is 27.6 Å². The van der Waals surface area contributed by atoms with Crippen LogP contribution in [0.15, 0.2) is 112 Å². The number of imide groups is 1. The van der Waals surface area contributed by atoms with E-state index in [1.807, 2.05) is 0 Å². The van der Waals surface area contributed by atoms with Gasteiger partial charge in [0.05, 0.1) is 47.4 Å². The van der Waals surface area contributed by atoms with Crippen molar-refractivity contribution in [1.82, 2.24) is 18.9 Å². The third-order valence-corrected chi connectivity index (χ3v) is 10.7. The number of rotatable bonds is 6. The Kier molecular flexibility index (Phi) is 7.69. The highest BCUT2D eigenvalue weighted by Crippen LogP contribution is 2.62. The maximum Gasteiger partial charge on any atom is 0.352 e. The first-order chi connectivity index (χ1) is 24.6. The number of phenolic OH excluding ortho intramolecular Hbond substituents is 1. The number of amides is 2. The number of nitrogens with one attached hydrogen (secondary N) is 1. The van der Waals surface area contributed by atoms with Crippen molar-refractivity contribution in [2.24, 2.45) is 5.92 Å². The Morgan fingerprint density at radius 3 is 2.35 bits per heavy atom. The van der Waals surface area contributed by atoms with Gasteiger partial charge in [-0.25, -0.2) is 27.9 Å². The molecule has 14 heteroatoms. The van der Waals surface area contributed by atoms with Gasteiger partial charge in [0.2, 0.25) is 0 Å². The number of hydrogen-bond donors (Lipinski definition) is 2. The van der Waals surface area contributed by atoms with Gasteiger partial charge in [-0.05, 0) is 77.7 Å². The molecule has 2 N–H and O–H groups in total. The number of methoxy groups -OCH3 is 1. The van der Waals surface area contributed by atoms with Crippen LogP contribution in [0.25, 0.3) is 5.69 Å². The van der Waals surface area contributed by atoms with Crippen LogP contribution in [0.5, 0.6) is 11.5 Å². The van der Waals surface area contributed by atoms with Gasteiger partial charge in [0, 0.05) is 10.9 Å². The molecule has 51 heavy (non-hydrogen) atoms. The molecule has 4 unspecified atom stereocenters. The second kappa shape index (κ2) is 12.0. The van der Waals surface area contributed by atoms with Crippen LogP contribution in [0.4, 0.5) is 10.1 Å². The average molecular weight is 729 g/mol. The summed E-state index contributed by atoms with van der Waals surface area (Å²) in [6.45, 7) is -0.0371. The summed E-state index contributed by atoms with van der Waals surface area (Å²) in [5, 5.41) is 11.6. The van der Waals surface area contributed by atoms with E-state index in [0.717, 1.165) is 15.6 Å². The third-order valence-electron chi connectivity index (χ3n) is 10.2. The highest BCUT2D eigenvalue weighted by Gasteiger charge is 2.69. The molecule has 1 saturated carbocycles. The lowest BCUT2D eigenvalue weighted by atomic mass is 9.53. The van der Waals surface area contributed by atoms with Gasteiger partial charge in [0.25, 0.3) is 11.8 Å². The van der Waals surface area contributed by atoms with Gasteiger partial charge in [-0.3, -0.25) is 15.0 Å². The Morgan fingerprint density at radius 2 is 1.67 bits per heavy atom. The Labute approximate surface area is 299 Å². The standard InChI is InChI=1S/C37H28Cl2FN5O6/c1-51-24-11-8-21(9-12-24)37-26(33(47)44(34(37)48)41-29-13-10-22(38)18-27(29)39)19-30-25(32(37)20-7-14-31(46)28(40)17-20)15-16-42-35(49)43(36(50)45(30)42)23-5-3-2-4-6-23/h2-15,17-18,26,30,32,41,46H,16,19H2,1H3. The van der Waals surface area contributed by atoms with Crippen LogP contribution < -0.4 is 21.5 Å². The van der Waals surface area contributed by atoms with Crippen molar-refractivity contribution in [3.63, 3.8) is 0 Å². The average Bonchev–Trinajstić information content (AvgIpc) is 3.51. The molecular weight excluding hydrogens is 700 g/mol. The van der Waals surface area contributed by atoms with E-state index in [2.05, 4.69) is 5.43 Å². The normalized spacial score (nSPS) is 22.2. The molecule has 2 amide bonds. The van der Waals surface area contributed by atoms with E-state index >= 15 is 9.18 Å². The predicted octanol–water partition coefficient (Wildman–Crippen LogP) is 5.58. The molecule has 1 aromatic heterocycles. The van der Waals surface area contributed by atoms with Crippen molar-refractivity contribution in [3.05, 3.63) is 151 Å². The van der Waals surface area contributed by atoms with Crippen molar-refractivity contribution in [2.75, 3.05) is 12.5 Å². The minimum absolute atomic E-state index is 0.0371. The molecule has 0 radical (unpaired) electrons. The second-order valence-corrected chi connectivity index (χ2v) is 13.5. The molecule has 2 fully saturated rings. The molecule has 1 aliphatic carbocycles. The largest absolute Gasteiger partial charge is 0.505 e. The summed E-state index contributed by atoms with van der Waals surface area (Å²) in [4.78, 5) is 58.0. The molecule has 1 saturated heterocycles. The number of hydrazine groups is 1. The Balaban J connectivity index is 1.39. The molecular formula is C37H28Cl2FN5O6. The number of nitrogens with zero attached hydrogens (tertiary/aromatic N) is 4. The van der Waals surface area contributed by atoms with Gasteiger partial charge in [-0.1, -0.05) is 65.7 Å². The summed E-state index contributed by atoms with van der Waals surface area (Å²) in [6, 6.07) is 22.7. The van der Waals surface area contributed by atoms with Crippen molar-refractivity contribution < 1.29 is 23.8 Å². The number of anilines is 1. The number of carbonyl (C=O) groups is 2. The Hall–Kier alpha value is -5.59. The van der Waals surface area contributed by atoms with Crippen molar-refractivity contribution in [2.45, 2.75) is 30.3 Å². The van der Waals surface area contributed by atoms with E-state index in [1.54, 1.807) is 66.7 Å². The first-order valence-corrected chi connectivity index (χ1v) is 16.7. The lowest BCUT2D eigenvalue weighted by Crippen LogP contribution is -2.53. The fourth-order valence-corrected chi connectivity index (χ4v) is 8.43. The summed E-state index contributed by atoms with van der Waals surface area (Å²) in [7, 11) is 1.50. The van der Waals surface area contributed by atoms with Crippen LogP contribution in [-0.2, 0) is 21.5 Å². The van der Waals surface area contributed by atoms with E-state index in [-0.39, 0.29) is 29.2 Å². The number of allylic oxidation sites excluding steroid dienone is 2. The van der Waals surface area contributed by atoms with Crippen LogP contribution >= 0.6 is 23.2 Å². The molecule has 4 atom stereocenters. The monoisotopic (exact) mass is 727 g/mol. The van der Waals surface area contributed by atoms with Crippen LogP contribution in [0.1, 0.15) is 29.5 Å². The summed E-state index contributed by atoms with van der Waals surface area (Å²) in [5.41, 5.74) is 1.86. The maximum absolute atomic E-state index is 15.3. The number of phenols is 1. The number of hydrogen-bond acceptors (Lipinski definition) is 7. The number of aromatic nitrogens is 3. The van der Waals surface area contributed by atoms with Crippen molar-refractivity contribution >= 4 is 40.7 Å². The van der Waals surface area contributed by atoms with Gasteiger partial charge in [0.15, 0.2) is 11.6 Å². The molecule has 3 heterocycles. The quantitative estimate of drug-likeness (QED) is 0.173. The smallest absolute Gasteiger partial charge is 0.352 e. The number of halogens is 3. The molecule has 3 aliphatic rings. The number of fused-ring (bicyclic) bond motifs is 4. The van der Waals surface area contributed by atoms with Crippen LogP contribution in [-0.4, -0.2) is 43.0 Å². The molecule has 0 bridgehead atoms. The molecule has 8 rings (SSSR count). The number of benzene rings is 4. The third kappa shape index (κ3) is 4.77. The minimum Gasteiger partial charge on any atom is -0.505 e. The Bertz CT molecular complexity index is 2410. The fourth-order valence-electron chi connectivity index (χ4n) is 7.98. The van der Waals surface area contributed by atoms with E-state index < -0.39 is 58.1 Å². The van der Waals surface area contributed by atoms with Gasteiger partial charge in [-0.2, -0.15) is 5.01 Å². The zero-order valence-corrected chi connectivity index (χ0v) is 28.3. The van der Waals surface area contributed by atoms with E-state index in [4.69, 9.17) is 27.9 Å². The van der Waals surface area contributed by atoms with Crippen LogP contribution in [0.3, 0.4) is 0 Å². The van der Waals surface area contributed by atoms with Gasteiger partial charge in [-0.15, -0.1) is 0 Å². The zero-order valence-electron chi connectivity index (χ0n) is 26.8. The molecule has 0 spiro atoms. The van der Waals surface area contributed by atoms with Crippen molar-refractivity contribution in [1.29, 1.82) is 0 Å². The number of aromatic hydroxyl groups is 1. The lowest BCUT2D eigenvalue weighted by molar-refractivity contribution is -0.138. The SMILES string of the molecule is COc1ccc(C23C(=O)N(Nc4ccc(Cl)cc4Cl)C(=O)C2CC2C(=CCn4c(=O)n(-c5ccccc5)c(=O)n42)C3c2ccc(O)c(F)c2)cc1. The van der Waals surface area contributed by atoms with Gasteiger partial charge >= 0.3 is 11.4 Å². The first kappa shape index (κ1) is 32.6. The molecule has 4 aromatic carbocycles. The maximum atomic E-state index is 15.3. The zero-order chi connectivity index (χ0) is 35.8. The van der Waals surface area contributed by atoms with Gasteiger partial charge in [0.1, 0.15) is 5.75 Å². The minimum atomic E-state index is -1.70. The number of para-hydroxylation sites is 1. The fraction of sp³-hybridized carbons (Fsp3) is 0.189. The first-order valence-electron chi connectivity index (χ1n) is 16.0. The summed E-state index contributed by atoms with van der Waals surface area (Å²) in [6.07, 6.45) is 1.70. The highest BCUT2D eigenvalue weighted by atomic mass is 35.5. The Morgan fingerprint density at radius 1 is 0.922 bits per heavy atom.